The van der Waals surface area contributed by atoms with Crippen LogP contribution in [0.1, 0.15) is 0 Å². The Morgan fingerprint density at radius 2 is 1.55 bits per heavy atom. The van der Waals surface area contributed by atoms with Gasteiger partial charge in [-0.2, -0.15) is 0 Å². The predicted octanol–water partition coefficient (Wildman–Crippen LogP) is -1.76. The van der Waals surface area contributed by atoms with Crippen molar-refractivity contribution in [2.24, 2.45) is 5.73 Å². The molecule has 0 saturated heterocycles. The molecule has 0 bridgehead atoms. The molecule has 0 fully saturated rings. The highest BCUT2D eigenvalue weighted by Crippen LogP contribution is 2.00. The summed E-state index contributed by atoms with van der Waals surface area (Å²) in [7, 11) is 0. The maximum absolute atomic E-state index is 11.4. The average molecular weight is 164 g/mol. The van der Waals surface area contributed by atoms with Gasteiger partial charge >= 0.3 is 0 Å². The van der Waals surface area contributed by atoms with Gasteiger partial charge in [-0.25, -0.2) is 0 Å². The second-order valence-corrected chi connectivity index (χ2v) is 2.46. The Labute approximate surface area is 66.2 Å². The molecule has 0 aliphatic rings. The molecule has 0 heterocycles. The molecule has 11 heavy (non-hydrogen) atoms. The molecule has 0 radical (unpaired) electrons. The molecule has 0 aliphatic carbocycles. The number of aliphatic hydroxyl groups excluding tert-OH is 2. The molecule has 68 valence electrons. The number of aliphatic hydroxyl groups is 2. The van der Waals surface area contributed by atoms with Crippen LogP contribution >= 0.6 is 0 Å². The van der Waals surface area contributed by atoms with E-state index in [-0.39, 0.29) is 39.4 Å². The standard InChI is InChI=1S/C6H16N2O3/c7-1-2-8(11,3-5-9)4-6-10/h9-10H,1-7H2. The molecule has 0 unspecified atom stereocenters. The monoisotopic (exact) mass is 164 g/mol. The van der Waals surface area contributed by atoms with Gasteiger partial charge in [-0.15, -0.1) is 0 Å². The van der Waals surface area contributed by atoms with Crippen molar-refractivity contribution in [2.45, 2.75) is 0 Å². The van der Waals surface area contributed by atoms with E-state index in [1.165, 1.54) is 0 Å². The summed E-state index contributed by atoms with van der Waals surface area (Å²) in [5.41, 5.74) is 5.20. The number of hydrogen-bond donors (Lipinski definition) is 3. The molecular formula is C6H16N2O3. The van der Waals surface area contributed by atoms with Crippen LogP contribution < -0.4 is 5.73 Å². The van der Waals surface area contributed by atoms with Crippen molar-refractivity contribution in [3.05, 3.63) is 5.21 Å². The van der Waals surface area contributed by atoms with Gasteiger partial charge in [-0.05, 0) is 0 Å². The van der Waals surface area contributed by atoms with E-state index in [9.17, 15) is 5.21 Å². The minimum Gasteiger partial charge on any atom is -0.633 e. The van der Waals surface area contributed by atoms with Crippen LogP contribution in [-0.4, -0.2) is 54.3 Å². The SMILES string of the molecule is NCC[N+]([O-])(CCO)CCO. The highest BCUT2D eigenvalue weighted by Gasteiger charge is 2.13. The molecule has 0 rings (SSSR count). The van der Waals surface area contributed by atoms with Gasteiger partial charge in [0.1, 0.15) is 13.1 Å². The summed E-state index contributed by atoms with van der Waals surface area (Å²) in [4.78, 5) is 0. The van der Waals surface area contributed by atoms with Crippen molar-refractivity contribution < 1.29 is 14.9 Å². The van der Waals surface area contributed by atoms with Gasteiger partial charge in [-0.3, -0.25) is 0 Å². The third kappa shape index (κ3) is 4.28. The molecule has 0 aromatic rings. The maximum Gasteiger partial charge on any atom is 0.102 e. The summed E-state index contributed by atoms with van der Waals surface area (Å²) in [6.07, 6.45) is 0. The van der Waals surface area contributed by atoms with Crippen molar-refractivity contribution in [3.63, 3.8) is 0 Å². The smallest absolute Gasteiger partial charge is 0.102 e. The van der Waals surface area contributed by atoms with Crippen molar-refractivity contribution in [2.75, 3.05) is 39.4 Å². The minimum atomic E-state index is -0.594. The van der Waals surface area contributed by atoms with Crippen LogP contribution in [0, 0.1) is 5.21 Å². The van der Waals surface area contributed by atoms with E-state index >= 15 is 0 Å². The van der Waals surface area contributed by atoms with Crippen molar-refractivity contribution in [1.82, 2.24) is 0 Å². The van der Waals surface area contributed by atoms with E-state index in [1.807, 2.05) is 0 Å². The van der Waals surface area contributed by atoms with Crippen LogP contribution in [0.4, 0.5) is 0 Å². The summed E-state index contributed by atoms with van der Waals surface area (Å²) in [6, 6.07) is 0. The molecule has 0 aromatic heterocycles. The van der Waals surface area contributed by atoms with Crippen LogP contribution in [0.5, 0.6) is 0 Å². The molecule has 0 atom stereocenters. The topological polar surface area (TPSA) is 89.5 Å². The fourth-order valence-corrected chi connectivity index (χ4v) is 0.935. The lowest BCUT2D eigenvalue weighted by atomic mass is 10.4. The lowest BCUT2D eigenvalue weighted by Gasteiger charge is -2.41. The normalized spacial score (nSPS) is 12.0. The first kappa shape index (κ1) is 10.8. The second kappa shape index (κ2) is 5.45. The number of rotatable bonds is 6. The Hall–Kier alpha value is -0.200. The third-order valence-electron chi connectivity index (χ3n) is 1.55. The van der Waals surface area contributed by atoms with Gasteiger partial charge in [0.25, 0.3) is 0 Å². The van der Waals surface area contributed by atoms with Gasteiger partial charge in [0.15, 0.2) is 0 Å². The Kier molecular flexibility index (Phi) is 5.35. The van der Waals surface area contributed by atoms with E-state index in [1.54, 1.807) is 0 Å². The second-order valence-electron chi connectivity index (χ2n) is 2.46. The van der Waals surface area contributed by atoms with E-state index in [2.05, 4.69) is 0 Å². The summed E-state index contributed by atoms with van der Waals surface area (Å²) in [5, 5.41) is 28.5. The van der Waals surface area contributed by atoms with Crippen molar-refractivity contribution in [1.29, 1.82) is 0 Å². The highest BCUT2D eigenvalue weighted by atomic mass is 16.5. The largest absolute Gasteiger partial charge is 0.633 e. The minimum absolute atomic E-state index is 0.109. The molecular weight excluding hydrogens is 148 g/mol. The van der Waals surface area contributed by atoms with Crippen molar-refractivity contribution >= 4 is 0 Å². The molecule has 0 spiro atoms. The Morgan fingerprint density at radius 3 is 1.82 bits per heavy atom. The van der Waals surface area contributed by atoms with Crippen LogP contribution in [0.15, 0.2) is 0 Å². The first-order valence-corrected chi connectivity index (χ1v) is 3.67. The molecule has 0 aliphatic heterocycles. The molecule has 5 heteroatoms. The van der Waals surface area contributed by atoms with Crippen LogP contribution in [0.2, 0.25) is 0 Å². The van der Waals surface area contributed by atoms with Crippen LogP contribution in [-0.2, 0) is 0 Å². The fourth-order valence-electron chi connectivity index (χ4n) is 0.935. The number of nitrogens with two attached hydrogens (primary N) is 1. The van der Waals surface area contributed by atoms with E-state index < -0.39 is 4.65 Å². The van der Waals surface area contributed by atoms with E-state index in [0.29, 0.717) is 0 Å². The molecule has 0 amide bonds. The number of hydroxylamine groups is 3. The Morgan fingerprint density at radius 1 is 1.09 bits per heavy atom. The summed E-state index contributed by atoms with van der Waals surface area (Å²) in [5.74, 6) is 0. The lowest BCUT2D eigenvalue weighted by Crippen LogP contribution is -2.49. The zero-order chi connectivity index (χ0) is 8.74. The zero-order valence-electron chi connectivity index (χ0n) is 6.57. The summed E-state index contributed by atoms with van der Waals surface area (Å²) < 4.78 is -0.594. The van der Waals surface area contributed by atoms with Crippen LogP contribution in [0.25, 0.3) is 0 Å². The molecule has 0 aromatic carbocycles. The zero-order valence-corrected chi connectivity index (χ0v) is 6.57. The Bertz CT molecular complexity index is 82.8. The van der Waals surface area contributed by atoms with E-state index in [4.69, 9.17) is 15.9 Å². The van der Waals surface area contributed by atoms with Gasteiger partial charge in [0.05, 0.1) is 19.8 Å². The van der Waals surface area contributed by atoms with Gasteiger partial charge < -0.3 is 25.8 Å². The lowest BCUT2D eigenvalue weighted by molar-refractivity contribution is -0.880. The Balaban J connectivity index is 3.79. The molecule has 5 nitrogen and oxygen atoms in total. The first-order valence-electron chi connectivity index (χ1n) is 3.67. The molecule has 0 saturated carbocycles. The number of hydrogen-bond acceptors (Lipinski definition) is 4. The molecule has 4 N–H and O–H groups in total. The van der Waals surface area contributed by atoms with Gasteiger partial charge in [-0.1, -0.05) is 0 Å². The maximum atomic E-state index is 11.4. The predicted molar refractivity (Wildman–Crippen MR) is 41.5 cm³/mol. The van der Waals surface area contributed by atoms with Gasteiger partial charge in [0.2, 0.25) is 0 Å². The number of quaternary nitrogens is 1. The third-order valence-corrected chi connectivity index (χ3v) is 1.55. The quantitative estimate of drug-likeness (QED) is 0.320. The fraction of sp³-hybridized carbons (Fsp3) is 1.00. The first-order chi connectivity index (χ1) is 5.18. The average Bonchev–Trinajstić information content (AvgIpc) is 1.88. The van der Waals surface area contributed by atoms with Crippen molar-refractivity contribution in [3.8, 4) is 0 Å². The van der Waals surface area contributed by atoms with Crippen LogP contribution in [0.3, 0.4) is 0 Å². The van der Waals surface area contributed by atoms with E-state index in [0.717, 1.165) is 0 Å². The summed E-state index contributed by atoms with van der Waals surface area (Å²) >= 11 is 0. The van der Waals surface area contributed by atoms with Gasteiger partial charge in [0, 0.05) is 6.54 Å². The number of nitrogens with zero attached hydrogens (tertiary/aromatic N) is 1. The highest BCUT2D eigenvalue weighted by molar-refractivity contribution is 4.44. The summed E-state index contributed by atoms with van der Waals surface area (Å²) in [6.45, 7) is 0.424.